The number of amides is 1. The van der Waals surface area contributed by atoms with Crippen LogP contribution in [0.4, 0.5) is 11.5 Å². The molecule has 0 spiro atoms. The van der Waals surface area contributed by atoms with Gasteiger partial charge in [-0.25, -0.2) is 9.97 Å². The predicted octanol–water partition coefficient (Wildman–Crippen LogP) is 3.92. The van der Waals surface area contributed by atoms with Crippen LogP contribution in [0.2, 0.25) is 0 Å². The largest absolute Gasteiger partial charge is 0.496 e. The van der Waals surface area contributed by atoms with Gasteiger partial charge in [0.05, 0.1) is 19.0 Å². The van der Waals surface area contributed by atoms with E-state index in [0.29, 0.717) is 18.0 Å². The molecule has 0 saturated carbocycles. The molecule has 1 amide bonds. The molecule has 6 heteroatoms. The molecule has 1 aromatic heterocycles. The zero-order valence-electron chi connectivity index (χ0n) is 17.0. The molecule has 0 atom stereocenters. The Morgan fingerprint density at radius 3 is 2.80 bits per heavy atom. The number of piperidine rings is 1. The van der Waals surface area contributed by atoms with Crippen molar-refractivity contribution >= 4 is 28.3 Å². The van der Waals surface area contributed by atoms with Gasteiger partial charge in [-0.3, -0.25) is 4.79 Å². The molecule has 0 aliphatic carbocycles. The van der Waals surface area contributed by atoms with E-state index in [1.54, 1.807) is 7.11 Å². The van der Waals surface area contributed by atoms with E-state index in [0.717, 1.165) is 53.6 Å². The molecular formula is C24H24N4O2. The summed E-state index contributed by atoms with van der Waals surface area (Å²) in [5.41, 5.74) is 3.20. The summed E-state index contributed by atoms with van der Waals surface area (Å²) in [6, 6.07) is 11.4. The van der Waals surface area contributed by atoms with Gasteiger partial charge in [0.1, 0.15) is 17.9 Å². The number of aromatic nitrogens is 2. The van der Waals surface area contributed by atoms with Gasteiger partial charge in [-0.05, 0) is 43.5 Å². The number of rotatable bonds is 5. The van der Waals surface area contributed by atoms with Crippen LogP contribution in [-0.2, 0) is 11.2 Å². The highest BCUT2D eigenvalue weighted by Crippen LogP contribution is 2.30. The Morgan fingerprint density at radius 1 is 1.20 bits per heavy atom. The van der Waals surface area contributed by atoms with E-state index >= 15 is 0 Å². The number of benzene rings is 2. The van der Waals surface area contributed by atoms with Crippen molar-refractivity contribution in [2.24, 2.45) is 0 Å². The molecule has 152 valence electrons. The number of methoxy groups -OCH3 is 1. The number of carbonyl (C=O) groups is 1. The summed E-state index contributed by atoms with van der Waals surface area (Å²) in [7, 11) is 1.61. The number of hydrogen-bond acceptors (Lipinski definition) is 5. The summed E-state index contributed by atoms with van der Waals surface area (Å²) in [6.45, 7) is 1.66. The first-order chi connectivity index (χ1) is 14.7. The molecule has 2 aromatic carbocycles. The summed E-state index contributed by atoms with van der Waals surface area (Å²) in [5.74, 6) is 4.08. The number of likely N-dealkylation sites (tertiary alicyclic amines) is 1. The fraction of sp³-hybridized carbons (Fsp3) is 0.292. The van der Waals surface area contributed by atoms with Gasteiger partial charge in [0, 0.05) is 41.4 Å². The van der Waals surface area contributed by atoms with Crippen LogP contribution in [0.5, 0.6) is 5.75 Å². The molecule has 1 N–H and O–H groups in total. The molecule has 1 aliphatic heterocycles. The average Bonchev–Trinajstić information content (AvgIpc) is 2.79. The summed E-state index contributed by atoms with van der Waals surface area (Å²) in [5, 5.41) is 4.15. The highest BCUT2D eigenvalue weighted by Gasteiger charge is 2.19. The molecule has 2 heterocycles. The SMILES string of the molecule is C#Cc1cccc(Nc2ncnc3cc(OC)c(CC(=O)N4CCCCC4)cc23)c1. The number of nitrogens with zero attached hydrogens (tertiary/aromatic N) is 3. The Bertz CT molecular complexity index is 1110. The number of nitrogens with one attached hydrogen (secondary N) is 1. The first kappa shape index (κ1) is 19.7. The van der Waals surface area contributed by atoms with Crippen LogP contribution < -0.4 is 10.1 Å². The number of carbonyl (C=O) groups excluding carboxylic acids is 1. The van der Waals surface area contributed by atoms with Gasteiger partial charge in [-0.2, -0.15) is 0 Å². The monoisotopic (exact) mass is 400 g/mol. The average molecular weight is 400 g/mol. The van der Waals surface area contributed by atoms with E-state index in [9.17, 15) is 4.79 Å². The molecule has 1 fully saturated rings. The highest BCUT2D eigenvalue weighted by atomic mass is 16.5. The topological polar surface area (TPSA) is 67.4 Å². The second-order valence-electron chi connectivity index (χ2n) is 7.37. The predicted molar refractivity (Wildman–Crippen MR) is 118 cm³/mol. The zero-order chi connectivity index (χ0) is 20.9. The molecular weight excluding hydrogens is 376 g/mol. The third-order valence-electron chi connectivity index (χ3n) is 5.38. The van der Waals surface area contributed by atoms with E-state index in [4.69, 9.17) is 11.2 Å². The maximum absolute atomic E-state index is 12.8. The number of ether oxygens (including phenoxy) is 1. The van der Waals surface area contributed by atoms with Crippen LogP contribution >= 0.6 is 0 Å². The lowest BCUT2D eigenvalue weighted by Crippen LogP contribution is -2.36. The van der Waals surface area contributed by atoms with E-state index in [-0.39, 0.29) is 5.91 Å². The van der Waals surface area contributed by atoms with Crippen molar-refractivity contribution in [2.45, 2.75) is 25.7 Å². The van der Waals surface area contributed by atoms with Crippen LogP contribution in [0, 0.1) is 12.3 Å². The summed E-state index contributed by atoms with van der Waals surface area (Å²) in [4.78, 5) is 23.6. The van der Waals surface area contributed by atoms with Crippen LogP contribution in [0.1, 0.15) is 30.4 Å². The third kappa shape index (κ3) is 4.20. The number of anilines is 2. The van der Waals surface area contributed by atoms with Crippen LogP contribution in [0.3, 0.4) is 0 Å². The Hall–Kier alpha value is -3.59. The number of fused-ring (bicyclic) bond motifs is 1. The van der Waals surface area contributed by atoms with Crippen molar-refractivity contribution in [1.29, 1.82) is 0 Å². The first-order valence-electron chi connectivity index (χ1n) is 10.1. The van der Waals surface area contributed by atoms with Gasteiger partial charge in [-0.1, -0.05) is 12.0 Å². The molecule has 30 heavy (non-hydrogen) atoms. The van der Waals surface area contributed by atoms with E-state index in [1.165, 1.54) is 12.7 Å². The van der Waals surface area contributed by atoms with Gasteiger partial charge < -0.3 is 15.0 Å². The smallest absolute Gasteiger partial charge is 0.227 e. The summed E-state index contributed by atoms with van der Waals surface area (Å²) in [6.07, 6.45) is 10.6. The van der Waals surface area contributed by atoms with Crippen LogP contribution in [0.25, 0.3) is 10.9 Å². The van der Waals surface area contributed by atoms with Gasteiger partial charge >= 0.3 is 0 Å². The van der Waals surface area contributed by atoms with Crippen molar-refractivity contribution in [3.05, 3.63) is 53.9 Å². The number of hydrogen-bond donors (Lipinski definition) is 1. The van der Waals surface area contributed by atoms with Crippen molar-refractivity contribution < 1.29 is 9.53 Å². The second kappa shape index (κ2) is 8.83. The summed E-state index contributed by atoms with van der Waals surface area (Å²) < 4.78 is 5.56. The van der Waals surface area contributed by atoms with Gasteiger partial charge in [0.25, 0.3) is 0 Å². The standard InChI is InChI=1S/C24H24N4O2/c1-3-17-8-7-9-19(12-17)27-24-20-13-18(14-23(29)28-10-5-4-6-11-28)22(30-2)15-21(20)25-16-26-24/h1,7-9,12-13,15-16H,4-6,10-11,14H2,2H3,(H,25,26,27). The fourth-order valence-electron chi connectivity index (χ4n) is 3.80. The van der Waals surface area contributed by atoms with Crippen molar-refractivity contribution in [3.8, 4) is 18.1 Å². The summed E-state index contributed by atoms with van der Waals surface area (Å²) >= 11 is 0. The zero-order valence-corrected chi connectivity index (χ0v) is 17.0. The lowest BCUT2D eigenvalue weighted by Gasteiger charge is -2.27. The molecule has 1 saturated heterocycles. The van der Waals surface area contributed by atoms with Crippen molar-refractivity contribution in [3.63, 3.8) is 0 Å². The van der Waals surface area contributed by atoms with Crippen molar-refractivity contribution in [2.75, 3.05) is 25.5 Å². The third-order valence-corrected chi connectivity index (χ3v) is 5.38. The molecule has 3 aromatic rings. The van der Waals surface area contributed by atoms with Gasteiger partial charge in [0.15, 0.2) is 0 Å². The molecule has 1 aliphatic rings. The first-order valence-corrected chi connectivity index (χ1v) is 10.1. The van der Waals surface area contributed by atoms with Gasteiger partial charge in [-0.15, -0.1) is 6.42 Å². The maximum atomic E-state index is 12.8. The van der Waals surface area contributed by atoms with E-state index in [2.05, 4.69) is 21.2 Å². The van der Waals surface area contributed by atoms with Crippen LogP contribution in [-0.4, -0.2) is 41.0 Å². The minimum absolute atomic E-state index is 0.125. The Balaban J connectivity index is 1.68. The minimum atomic E-state index is 0.125. The second-order valence-corrected chi connectivity index (χ2v) is 7.37. The lowest BCUT2D eigenvalue weighted by atomic mass is 10.0. The Labute approximate surface area is 176 Å². The molecule has 4 rings (SSSR count). The Morgan fingerprint density at radius 2 is 2.03 bits per heavy atom. The fourth-order valence-corrected chi connectivity index (χ4v) is 3.80. The molecule has 0 bridgehead atoms. The highest BCUT2D eigenvalue weighted by molar-refractivity contribution is 5.93. The maximum Gasteiger partial charge on any atom is 0.227 e. The Kier molecular flexibility index (Phi) is 5.80. The van der Waals surface area contributed by atoms with Crippen molar-refractivity contribution in [1.82, 2.24) is 14.9 Å². The lowest BCUT2D eigenvalue weighted by molar-refractivity contribution is -0.131. The minimum Gasteiger partial charge on any atom is -0.496 e. The van der Waals surface area contributed by atoms with Gasteiger partial charge in [0.2, 0.25) is 5.91 Å². The van der Waals surface area contributed by atoms with E-state index < -0.39 is 0 Å². The molecule has 0 unspecified atom stereocenters. The number of terminal acetylenes is 1. The van der Waals surface area contributed by atoms with E-state index in [1.807, 2.05) is 41.3 Å². The molecule has 6 nitrogen and oxygen atoms in total. The van der Waals surface area contributed by atoms with Crippen LogP contribution in [0.15, 0.2) is 42.7 Å². The quantitative estimate of drug-likeness (QED) is 0.658. The molecule has 0 radical (unpaired) electrons. The normalized spacial score (nSPS) is 13.7.